The standard InChI is InChI=1S/C18H11ClF3N5O/c19-14-6-4-11(5-7-14)15-9-23-16(28-15)10-27-25-17(24-26-27)12-2-1-3-13(8-12)18(20,21)22/h1-9H,10H2. The Balaban J connectivity index is 1.52. The molecular weight excluding hydrogens is 395 g/mol. The summed E-state index contributed by atoms with van der Waals surface area (Å²) in [5, 5.41) is 12.4. The van der Waals surface area contributed by atoms with Gasteiger partial charge in [0, 0.05) is 16.1 Å². The first-order valence-corrected chi connectivity index (χ1v) is 8.42. The zero-order valence-electron chi connectivity index (χ0n) is 14.1. The van der Waals surface area contributed by atoms with Gasteiger partial charge in [-0.1, -0.05) is 23.7 Å². The van der Waals surface area contributed by atoms with Crippen LogP contribution in [0.1, 0.15) is 11.5 Å². The second kappa shape index (κ2) is 7.08. The van der Waals surface area contributed by atoms with Crippen LogP contribution in [0.3, 0.4) is 0 Å². The van der Waals surface area contributed by atoms with Crippen molar-refractivity contribution in [3.8, 4) is 22.7 Å². The summed E-state index contributed by atoms with van der Waals surface area (Å²) in [6, 6.07) is 11.8. The summed E-state index contributed by atoms with van der Waals surface area (Å²) in [6.07, 6.45) is -2.88. The molecule has 0 saturated carbocycles. The van der Waals surface area contributed by atoms with Crippen LogP contribution in [0, 0.1) is 0 Å². The molecule has 0 saturated heterocycles. The summed E-state index contributed by atoms with van der Waals surface area (Å²) in [6.45, 7) is 0.0829. The van der Waals surface area contributed by atoms with Crippen LogP contribution >= 0.6 is 11.6 Å². The first kappa shape index (κ1) is 18.2. The SMILES string of the molecule is FC(F)(F)c1cccc(-c2nnn(Cc3ncc(-c4ccc(Cl)cc4)o3)n2)c1. The van der Waals surface area contributed by atoms with Crippen molar-refractivity contribution < 1.29 is 17.6 Å². The minimum Gasteiger partial charge on any atom is -0.439 e. The molecule has 0 N–H and O–H groups in total. The number of nitrogens with zero attached hydrogens (tertiary/aromatic N) is 5. The number of tetrazole rings is 1. The van der Waals surface area contributed by atoms with Crippen molar-refractivity contribution in [1.82, 2.24) is 25.2 Å². The number of rotatable bonds is 4. The second-order valence-electron chi connectivity index (χ2n) is 5.85. The fraction of sp³-hybridized carbons (Fsp3) is 0.111. The van der Waals surface area contributed by atoms with Crippen molar-refractivity contribution in [2.24, 2.45) is 0 Å². The quantitative estimate of drug-likeness (QED) is 0.491. The third kappa shape index (κ3) is 3.89. The normalized spacial score (nSPS) is 11.7. The van der Waals surface area contributed by atoms with Gasteiger partial charge in [0.2, 0.25) is 11.7 Å². The first-order chi connectivity index (χ1) is 13.4. The average molecular weight is 406 g/mol. The summed E-state index contributed by atoms with van der Waals surface area (Å²) < 4.78 is 44.2. The molecule has 0 bridgehead atoms. The third-order valence-corrected chi connectivity index (χ3v) is 4.11. The molecule has 0 atom stereocenters. The van der Waals surface area contributed by atoms with E-state index in [1.807, 2.05) is 0 Å². The van der Waals surface area contributed by atoms with Gasteiger partial charge in [0.1, 0.15) is 6.54 Å². The monoisotopic (exact) mass is 405 g/mol. The summed E-state index contributed by atoms with van der Waals surface area (Å²) >= 11 is 5.86. The molecule has 0 radical (unpaired) electrons. The molecule has 0 fully saturated rings. The predicted octanol–water partition coefficient (Wildman–Crippen LogP) is 4.72. The Morgan fingerprint density at radius 1 is 1.04 bits per heavy atom. The van der Waals surface area contributed by atoms with E-state index in [-0.39, 0.29) is 17.9 Å². The lowest BCUT2D eigenvalue weighted by molar-refractivity contribution is -0.137. The Labute approximate surface area is 161 Å². The van der Waals surface area contributed by atoms with Crippen LogP contribution in [-0.2, 0) is 12.7 Å². The first-order valence-electron chi connectivity index (χ1n) is 8.04. The number of aromatic nitrogens is 5. The molecule has 4 rings (SSSR count). The van der Waals surface area contributed by atoms with E-state index in [4.69, 9.17) is 16.0 Å². The molecule has 4 aromatic rings. The Morgan fingerprint density at radius 2 is 1.82 bits per heavy atom. The lowest BCUT2D eigenvalue weighted by atomic mass is 10.1. The van der Waals surface area contributed by atoms with Gasteiger partial charge in [-0.05, 0) is 41.6 Å². The van der Waals surface area contributed by atoms with E-state index in [2.05, 4.69) is 20.4 Å². The third-order valence-electron chi connectivity index (χ3n) is 3.86. The van der Waals surface area contributed by atoms with Gasteiger partial charge in [0.05, 0.1) is 11.8 Å². The highest BCUT2D eigenvalue weighted by atomic mass is 35.5. The molecule has 2 heterocycles. The molecule has 0 unspecified atom stereocenters. The zero-order valence-corrected chi connectivity index (χ0v) is 14.8. The zero-order chi connectivity index (χ0) is 19.7. The Kier molecular flexibility index (Phi) is 4.60. The van der Waals surface area contributed by atoms with E-state index in [1.54, 1.807) is 30.5 Å². The van der Waals surface area contributed by atoms with E-state index in [1.165, 1.54) is 16.9 Å². The molecule has 0 amide bonds. The molecule has 6 nitrogen and oxygen atoms in total. The van der Waals surface area contributed by atoms with Gasteiger partial charge in [-0.15, -0.1) is 10.2 Å². The van der Waals surface area contributed by atoms with Crippen molar-refractivity contribution in [1.29, 1.82) is 0 Å². The highest BCUT2D eigenvalue weighted by Gasteiger charge is 2.30. The fourth-order valence-electron chi connectivity index (χ4n) is 2.51. The predicted molar refractivity (Wildman–Crippen MR) is 94.3 cm³/mol. The lowest BCUT2D eigenvalue weighted by Gasteiger charge is -2.06. The maximum atomic E-state index is 12.9. The molecule has 2 aromatic heterocycles. The molecular formula is C18H11ClF3N5O. The van der Waals surface area contributed by atoms with Crippen molar-refractivity contribution >= 4 is 11.6 Å². The van der Waals surface area contributed by atoms with Crippen LogP contribution in [-0.4, -0.2) is 25.2 Å². The van der Waals surface area contributed by atoms with Gasteiger partial charge in [0.25, 0.3) is 0 Å². The van der Waals surface area contributed by atoms with Crippen molar-refractivity contribution in [3.63, 3.8) is 0 Å². The largest absolute Gasteiger partial charge is 0.439 e. The van der Waals surface area contributed by atoms with Gasteiger partial charge < -0.3 is 4.42 Å². The molecule has 0 aliphatic rings. The van der Waals surface area contributed by atoms with Crippen molar-refractivity contribution in [2.45, 2.75) is 12.7 Å². The molecule has 0 aliphatic heterocycles. The van der Waals surface area contributed by atoms with Crippen LogP contribution in [0.25, 0.3) is 22.7 Å². The minimum absolute atomic E-state index is 0.0792. The number of benzene rings is 2. The summed E-state index contributed by atoms with van der Waals surface area (Å²) in [5.74, 6) is 0.957. The van der Waals surface area contributed by atoms with Gasteiger partial charge in [-0.2, -0.15) is 18.0 Å². The maximum absolute atomic E-state index is 12.9. The summed E-state index contributed by atoms with van der Waals surface area (Å²) in [7, 11) is 0. The maximum Gasteiger partial charge on any atom is 0.416 e. The molecule has 0 spiro atoms. The molecule has 2 aromatic carbocycles. The average Bonchev–Trinajstić information content (AvgIpc) is 3.32. The van der Waals surface area contributed by atoms with Gasteiger partial charge in [0.15, 0.2) is 5.76 Å². The Hall–Kier alpha value is -3.20. The Morgan fingerprint density at radius 3 is 2.57 bits per heavy atom. The number of hydrogen-bond donors (Lipinski definition) is 0. The van der Waals surface area contributed by atoms with E-state index in [0.717, 1.165) is 17.7 Å². The van der Waals surface area contributed by atoms with Crippen LogP contribution in [0.15, 0.2) is 59.1 Å². The fourth-order valence-corrected chi connectivity index (χ4v) is 2.64. The van der Waals surface area contributed by atoms with E-state index < -0.39 is 11.7 Å². The van der Waals surface area contributed by atoms with E-state index >= 15 is 0 Å². The highest BCUT2D eigenvalue weighted by Crippen LogP contribution is 2.31. The van der Waals surface area contributed by atoms with Gasteiger partial charge >= 0.3 is 6.18 Å². The van der Waals surface area contributed by atoms with Crippen LogP contribution in [0.5, 0.6) is 0 Å². The number of alkyl halides is 3. The topological polar surface area (TPSA) is 69.6 Å². The molecule has 10 heteroatoms. The number of oxazole rings is 1. The smallest absolute Gasteiger partial charge is 0.416 e. The van der Waals surface area contributed by atoms with Gasteiger partial charge in [-0.3, -0.25) is 0 Å². The van der Waals surface area contributed by atoms with E-state index in [9.17, 15) is 13.2 Å². The Bertz CT molecular complexity index is 1100. The van der Waals surface area contributed by atoms with Crippen LogP contribution < -0.4 is 0 Å². The van der Waals surface area contributed by atoms with Crippen LogP contribution in [0.2, 0.25) is 5.02 Å². The molecule has 28 heavy (non-hydrogen) atoms. The number of hydrogen-bond acceptors (Lipinski definition) is 5. The second-order valence-corrected chi connectivity index (χ2v) is 6.28. The molecule has 0 aliphatic carbocycles. The van der Waals surface area contributed by atoms with Crippen LogP contribution in [0.4, 0.5) is 13.2 Å². The van der Waals surface area contributed by atoms with E-state index in [0.29, 0.717) is 16.7 Å². The highest BCUT2D eigenvalue weighted by molar-refractivity contribution is 6.30. The minimum atomic E-state index is -4.44. The summed E-state index contributed by atoms with van der Waals surface area (Å²) in [4.78, 5) is 5.36. The van der Waals surface area contributed by atoms with Gasteiger partial charge in [-0.25, -0.2) is 4.98 Å². The summed E-state index contributed by atoms with van der Waals surface area (Å²) in [5.41, 5.74) is 0.247. The van der Waals surface area contributed by atoms with Crippen molar-refractivity contribution in [3.05, 3.63) is 71.2 Å². The van der Waals surface area contributed by atoms with Crippen molar-refractivity contribution in [2.75, 3.05) is 0 Å². The number of halogens is 4. The lowest BCUT2D eigenvalue weighted by Crippen LogP contribution is -2.05. The molecule has 142 valence electrons.